The molecule has 3 heterocycles. The fourth-order valence-electron chi connectivity index (χ4n) is 3.23. The van der Waals surface area contributed by atoms with Crippen LogP contribution in [-0.4, -0.2) is 40.5 Å². The predicted molar refractivity (Wildman–Crippen MR) is 83.5 cm³/mol. The second-order valence-corrected chi connectivity index (χ2v) is 6.81. The Bertz CT molecular complexity index is 749. The number of piperidine rings is 1. The van der Waals surface area contributed by atoms with Crippen LogP contribution < -0.4 is 10.6 Å². The van der Waals surface area contributed by atoms with Gasteiger partial charge in [0.05, 0.1) is 15.7 Å². The number of imide groups is 1. The lowest BCUT2D eigenvalue weighted by Crippen LogP contribution is -2.54. The Morgan fingerprint density at radius 2 is 2.09 bits per heavy atom. The van der Waals surface area contributed by atoms with Gasteiger partial charge in [0.15, 0.2) is 0 Å². The smallest absolute Gasteiger partial charge is 0.322 e. The number of thiazole rings is 1. The van der Waals surface area contributed by atoms with Crippen LogP contribution in [0.15, 0.2) is 23.7 Å². The Balaban J connectivity index is 1.43. The van der Waals surface area contributed by atoms with E-state index in [1.54, 1.807) is 11.3 Å². The lowest BCUT2D eigenvalue weighted by Gasteiger charge is -2.36. The number of rotatable bonds is 2. The molecule has 0 unspecified atom stereocenters. The van der Waals surface area contributed by atoms with Gasteiger partial charge in [0.2, 0.25) is 0 Å². The predicted octanol–water partition coefficient (Wildman–Crippen LogP) is 1.47. The van der Waals surface area contributed by atoms with Crippen LogP contribution in [0.3, 0.4) is 0 Å². The molecule has 0 saturated carbocycles. The highest BCUT2D eigenvalue weighted by atomic mass is 32.1. The molecule has 2 aliphatic heterocycles. The van der Waals surface area contributed by atoms with Crippen molar-refractivity contribution in [2.75, 3.05) is 13.1 Å². The molecule has 0 aliphatic carbocycles. The maximum atomic E-state index is 11.9. The number of benzene rings is 1. The van der Waals surface area contributed by atoms with E-state index < -0.39 is 5.54 Å². The van der Waals surface area contributed by atoms with Gasteiger partial charge in [-0.1, -0.05) is 6.07 Å². The minimum atomic E-state index is -0.688. The van der Waals surface area contributed by atoms with E-state index in [9.17, 15) is 9.59 Å². The third-order valence-electron chi connectivity index (χ3n) is 4.53. The number of carbonyl (C=O) groups excluding carboxylic acids is 2. The molecule has 1 aromatic heterocycles. The Morgan fingerprint density at radius 1 is 1.27 bits per heavy atom. The summed E-state index contributed by atoms with van der Waals surface area (Å²) < 4.78 is 1.20. The van der Waals surface area contributed by atoms with Gasteiger partial charge in [0.25, 0.3) is 5.91 Å². The number of hydrogen-bond donors (Lipinski definition) is 2. The molecule has 6 nitrogen and oxygen atoms in total. The van der Waals surface area contributed by atoms with Crippen LogP contribution in [0.5, 0.6) is 0 Å². The first-order valence-electron chi connectivity index (χ1n) is 7.33. The van der Waals surface area contributed by atoms with Crippen LogP contribution in [0.1, 0.15) is 18.4 Å². The number of fused-ring (bicyclic) bond motifs is 1. The Hall–Kier alpha value is -1.99. The quantitative estimate of drug-likeness (QED) is 0.823. The summed E-state index contributed by atoms with van der Waals surface area (Å²) in [6.07, 6.45) is 1.31. The molecule has 4 rings (SSSR count). The van der Waals surface area contributed by atoms with Crippen LogP contribution in [0.2, 0.25) is 0 Å². The molecule has 2 saturated heterocycles. The van der Waals surface area contributed by atoms with Crippen LogP contribution in [0.25, 0.3) is 10.2 Å². The van der Waals surface area contributed by atoms with Crippen molar-refractivity contribution in [2.24, 2.45) is 0 Å². The Labute approximate surface area is 131 Å². The molecule has 2 aromatic rings. The molecule has 114 valence electrons. The molecular weight excluding hydrogens is 300 g/mol. The zero-order chi connectivity index (χ0) is 15.2. The van der Waals surface area contributed by atoms with Gasteiger partial charge in [-0.2, -0.15) is 0 Å². The number of likely N-dealkylation sites (tertiary alicyclic amines) is 1. The molecule has 1 aromatic carbocycles. The highest BCUT2D eigenvalue weighted by molar-refractivity contribution is 7.16. The lowest BCUT2D eigenvalue weighted by molar-refractivity contribution is -0.125. The standard InChI is InChI=1S/C15H16N4O2S/c20-13-15(18-14(21)17-13)3-5-19(6-4-15)8-10-1-2-12-11(7-10)16-9-22-12/h1-2,7,9H,3-6,8H2,(H2,17,18,20,21). The molecule has 0 bridgehead atoms. The second-order valence-electron chi connectivity index (χ2n) is 5.92. The summed E-state index contributed by atoms with van der Waals surface area (Å²) in [5, 5.41) is 5.13. The first-order valence-corrected chi connectivity index (χ1v) is 8.21. The topological polar surface area (TPSA) is 74.3 Å². The SMILES string of the molecule is O=C1NC(=O)C2(CCN(Cc3ccc4scnc4c3)CC2)N1. The van der Waals surface area contributed by atoms with Gasteiger partial charge < -0.3 is 5.32 Å². The van der Waals surface area contributed by atoms with Gasteiger partial charge in [0.1, 0.15) is 5.54 Å². The minimum Gasteiger partial charge on any atom is -0.323 e. The molecule has 2 N–H and O–H groups in total. The zero-order valence-corrected chi connectivity index (χ0v) is 12.8. The van der Waals surface area contributed by atoms with Crippen molar-refractivity contribution in [1.29, 1.82) is 0 Å². The van der Waals surface area contributed by atoms with E-state index in [2.05, 4.69) is 38.7 Å². The summed E-state index contributed by atoms with van der Waals surface area (Å²) in [7, 11) is 0. The highest BCUT2D eigenvalue weighted by Crippen LogP contribution is 2.27. The third kappa shape index (κ3) is 2.26. The van der Waals surface area contributed by atoms with Gasteiger partial charge in [-0.05, 0) is 30.5 Å². The Kier molecular flexibility index (Phi) is 3.12. The highest BCUT2D eigenvalue weighted by Gasteiger charge is 2.47. The fraction of sp³-hybridized carbons (Fsp3) is 0.400. The monoisotopic (exact) mass is 316 g/mol. The molecule has 22 heavy (non-hydrogen) atoms. The fourth-order valence-corrected chi connectivity index (χ4v) is 3.89. The molecule has 1 spiro atoms. The van der Waals surface area contributed by atoms with Crippen LogP contribution in [-0.2, 0) is 11.3 Å². The van der Waals surface area contributed by atoms with Gasteiger partial charge in [-0.25, -0.2) is 9.78 Å². The molecule has 0 atom stereocenters. The van der Waals surface area contributed by atoms with Gasteiger partial charge >= 0.3 is 6.03 Å². The minimum absolute atomic E-state index is 0.180. The largest absolute Gasteiger partial charge is 0.323 e. The van der Waals surface area contributed by atoms with Crippen molar-refractivity contribution in [2.45, 2.75) is 24.9 Å². The maximum Gasteiger partial charge on any atom is 0.322 e. The number of urea groups is 1. The summed E-state index contributed by atoms with van der Waals surface area (Å²) in [5.74, 6) is -0.180. The number of nitrogens with zero attached hydrogens (tertiary/aromatic N) is 2. The number of nitrogens with one attached hydrogen (secondary N) is 2. The van der Waals surface area contributed by atoms with Gasteiger partial charge in [0, 0.05) is 19.6 Å². The van der Waals surface area contributed by atoms with Crippen molar-refractivity contribution < 1.29 is 9.59 Å². The zero-order valence-electron chi connectivity index (χ0n) is 12.0. The van der Waals surface area contributed by atoms with E-state index in [1.165, 1.54) is 10.3 Å². The maximum absolute atomic E-state index is 11.9. The van der Waals surface area contributed by atoms with E-state index in [4.69, 9.17) is 0 Å². The first kappa shape index (κ1) is 13.7. The molecule has 2 aliphatic rings. The average molecular weight is 316 g/mol. The molecule has 7 heteroatoms. The van der Waals surface area contributed by atoms with Crippen LogP contribution in [0.4, 0.5) is 4.79 Å². The van der Waals surface area contributed by atoms with E-state index in [-0.39, 0.29) is 11.9 Å². The molecule has 2 fully saturated rings. The molecule has 3 amide bonds. The van der Waals surface area contributed by atoms with E-state index >= 15 is 0 Å². The van der Waals surface area contributed by atoms with Crippen molar-refractivity contribution in [3.63, 3.8) is 0 Å². The summed E-state index contributed by atoms with van der Waals surface area (Å²) in [6, 6.07) is 6.00. The van der Waals surface area contributed by atoms with Crippen LogP contribution in [0, 0.1) is 0 Å². The van der Waals surface area contributed by atoms with E-state index in [1.807, 2.05) is 5.51 Å². The van der Waals surface area contributed by atoms with E-state index in [0.29, 0.717) is 12.8 Å². The Morgan fingerprint density at radius 3 is 2.82 bits per heavy atom. The van der Waals surface area contributed by atoms with Crippen molar-refractivity contribution in [3.05, 3.63) is 29.3 Å². The van der Waals surface area contributed by atoms with Crippen molar-refractivity contribution >= 4 is 33.5 Å². The third-order valence-corrected chi connectivity index (χ3v) is 5.34. The number of hydrogen-bond acceptors (Lipinski definition) is 5. The number of aromatic nitrogens is 1. The number of amides is 3. The van der Waals surface area contributed by atoms with Crippen molar-refractivity contribution in [3.8, 4) is 0 Å². The van der Waals surface area contributed by atoms with Gasteiger partial charge in [-0.15, -0.1) is 11.3 Å². The first-order chi connectivity index (χ1) is 10.6. The average Bonchev–Trinajstić information content (AvgIpc) is 3.06. The van der Waals surface area contributed by atoms with Crippen LogP contribution >= 0.6 is 11.3 Å². The number of carbonyl (C=O) groups is 2. The summed E-state index contributed by atoms with van der Waals surface area (Å²) >= 11 is 1.65. The van der Waals surface area contributed by atoms with Gasteiger partial charge in [-0.3, -0.25) is 15.0 Å². The second kappa shape index (κ2) is 5.03. The lowest BCUT2D eigenvalue weighted by atomic mass is 9.87. The summed E-state index contributed by atoms with van der Waals surface area (Å²) in [6.45, 7) is 2.44. The molecule has 0 radical (unpaired) electrons. The van der Waals surface area contributed by atoms with E-state index in [0.717, 1.165) is 25.2 Å². The normalized spacial score (nSPS) is 21.3. The van der Waals surface area contributed by atoms with Crippen molar-refractivity contribution in [1.82, 2.24) is 20.5 Å². The summed E-state index contributed by atoms with van der Waals surface area (Å²) in [4.78, 5) is 29.9. The molecular formula is C15H16N4O2S. The summed E-state index contributed by atoms with van der Waals surface area (Å²) in [5.41, 5.74) is 3.44.